The number of nitrogens with zero attached hydrogens (tertiary/aromatic N) is 1. The number of carbonyl (C=O) groups is 1. The standard InChI is InChI=1S/C14H19NO2/c1-2-3-4-5-6-8-11-14(16)17-15-12-9-7-10-13-15/h1H,5-13H2. The molecule has 3 nitrogen and oxygen atoms in total. The van der Waals surface area contributed by atoms with E-state index < -0.39 is 0 Å². The molecule has 0 unspecified atom stereocenters. The predicted molar refractivity (Wildman–Crippen MR) is 66.6 cm³/mol. The normalized spacial score (nSPS) is 15.5. The molecule has 0 atom stereocenters. The van der Waals surface area contributed by atoms with Crippen LogP contribution >= 0.6 is 0 Å². The Morgan fingerprint density at radius 3 is 2.71 bits per heavy atom. The zero-order valence-corrected chi connectivity index (χ0v) is 10.2. The van der Waals surface area contributed by atoms with Gasteiger partial charge in [0.05, 0.1) is 0 Å². The highest BCUT2D eigenvalue weighted by Crippen LogP contribution is 2.10. The molecule has 17 heavy (non-hydrogen) atoms. The zero-order chi connectivity index (χ0) is 12.3. The molecule has 1 fully saturated rings. The molecule has 0 N–H and O–H groups in total. The van der Waals surface area contributed by atoms with Crippen LogP contribution < -0.4 is 0 Å². The summed E-state index contributed by atoms with van der Waals surface area (Å²) in [5.41, 5.74) is 0. The third-order valence-corrected chi connectivity index (χ3v) is 2.64. The van der Waals surface area contributed by atoms with Gasteiger partial charge in [0, 0.05) is 25.9 Å². The predicted octanol–water partition coefficient (Wildman–Crippen LogP) is 2.13. The van der Waals surface area contributed by atoms with Gasteiger partial charge in [0.15, 0.2) is 0 Å². The van der Waals surface area contributed by atoms with E-state index in [-0.39, 0.29) is 5.97 Å². The summed E-state index contributed by atoms with van der Waals surface area (Å²) in [6.07, 6.45) is 11.4. The highest BCUT2D eigenvalue weighted by molar-refractivity contribution is 5.68. The molecule has 0 radical (unpaired) electrons. The van der Waals surface area contributed by atoms with E-state index in [1.807, 2.05) is 0 Å². The molecular weight excluding hydrogens is 214 g/mol. The van der Waals surface area contributed by atoms with Crippen molar-refractivity contribution in [2.75, 3.05) is 13.1 Å². The van der Waals surface area contributed by atoms with E-state index in [9.17, 15) is 4.79 Å². The van der Waals surface area contributed by atoms with E-state index in [1.165, 1.54) is 6.42 Å². The van der Waals surface area contributed by atoms with Crippen LogP contribution in [0.25, 0.3) is 0 Å². The average molecular weight is 233 g/mol. The van der Waals surface area contributed by atoms with Crippen molar-refractivity contribution in [3.63, 3.8) is 0 Å². The van der Waals surface area contributed by atoms with Crippen molar-refractivity contribution in [2.45, 2.75) is 44.9 Å². The second-order valence-corrected chi connectivity index (χ2v) is 4.11. The molecule has 0 amide bonds. The molecule has 1 saturated heterocycles. The Morgan fingerprint density at radius 2 is 2.00 bits per heavy atom. The van der Waals surface area contributed by atoms with Crippen molar-refractivity contribution in [3.05, 3.63) is 0 Å². The van der Waals surface area contributed by atoms with Crippen molar-refractivity contribution in [3.8, 4) is 24.2 Å². The summed E-state index contributed by atoms with van der Waals surface area (Å²) in [4.78, 5) is 16.7. The molecule has 0 aromatic heterocycles. The van der Waals surface area contributed by atoms with E-state index in [2.05, 4.69) is 17.8 Å². The van der Waals surface area contributed by atoms with E-state index in [1.54, 1.807) is 5.06 Å². The number of piperidine rings is 1. The Bertz CT molecular complexity index is 326. The molecule has 1 aliphatic rings. The highest BCUT2D eigenvalue weighted by atomic mass is 16.7. The molecule has 92 valence electrons. The van der Waals surface area contributed by atoms with E-state index in [0.717, 1.165) is 45.2 Å². The summed E-state index contributed by atoms with van der Waals surface area (Å²) in [6.45, 7) is 1.75. The van der Waals surface area contributed by atoms with Crippen molar-refractivity contribution in [2.24, 2.45) is 0 Å². The summed E-state index contributed by atoms with van der Waals surface area (Å²) >= 11 is 0. The fourth-order valence-electron chi connectivity index (χ4n) is 1.74. The Morgan fingerprint density at radius 1 is 1.24 bits per heavy atom. The second kappa shape index (κ2) is 8.67. The molecule has 0 aliphatic carbocycles. The first-order valence-electron chi connectivity index (χ1n) is 6.22. The first kappa shape index (κ1) is 13.6. The number of terminal acetylenes is 1. The summed E-state index contributed by atoms with van der Waals surface area (Å²) in [6, 6.07) is 0. The van der Waals surface area contributed by atoms with E-state index >= 15 is 0 Å². The van der Waals surface area contributed by atoms with Gasteiger partial charge in [0.25, 0.3) is 0 Å². The van der Waals surface area contributed by atoms with Gasteiger partial charge in [-0.1, -0.05) is 12.3 Å². The third kappa shape index (κ3) is 6.66. The van der Waals surface area contributed by atoms with E-state index in [0.29, 0.717) is 6.42 Å². The maximum absolute atomic E-state index is 11.5. The van der Waals surface area contributed by atoms with Crippen molar-refractivity contribution < 1.29 is 9.63 Å². The number of rotatable bonds is 5. The Labute approximate surface area is 103 Å². The van der Waals surface area contributed by atoms with Crippen LogP contribution in [-0.2, 0) is 9.63 Å². The fourth-order valence-corrected chi connectivity index (χ4v) is 1.74. The number of hydroxylamine groups is 2. The van der Waals surface area contributed by atoms with Crippen LogP contribution in [0.3, 0.4) is 0 Å². The molecular formula is C14H19NO2. The van der Waals surface area contributed by atoms with Gasteiger partial charge in [0.2, 0.25) is 0 Å². The summed E-state index contributed by atoms with van der Waals surface area (Å²) in [5, 5.41) is 1.78. The van der Waals surface area contributed by atoms with Gasteiger partial charge in [-0.3, -0.25) is 4.79 Å². The number of hydrogen-bond acceptors (Lipinski definition) is 3. The SMILES string of the molecule is C#CC#CCCCCC(=O)ON1CCCCC1. The summed E-state index contributed by atoms with van der Waals surface area (Å²) < 4.78 is 0. The van der Waals surface area contributed by atoms with Crippen molar-refractivity contribution in [1.82, 2.24) is 5.06 Å². The number of unbranched alkanes of at least 4 members (excludes halogenated alkanes) is 2. The quantitative estimate of drug-likeness (QED) is 0.538. The number of carbonyl (C=O) groups excluding carboxylic acids is 1. The Hall–Kier alpha value is -1.45. The van der Waals surface area contributed by atoms with Crippen LogP contribution in [0.1, 0.15) is 44.9 Å². The zero-order valence-electron chi connectivity index (χ0n) is 10.2. The molecule has 0 spiro atoms. The minimum absolute atomic E-state index is 0.128. The Kier molecular flexibility index (Phi) is 6.95. The average Bonchev–Trinajstić information content (AvgIpc) is 2.35. The largest absolute Gasteiger partial charge is 0.368 e. The summed E-state index contributed by atoms with van der Waals surface area (Å²) in [7, 11) is 0. The maximum atomic E-state index is 11.5. The minimum Gasteiger partial charge on any atom is -0.368 e. The number of hydrogen-bond donors (Lipinski definition) is 0. The molecule has 0 aromatic rings. The van der Waals surface area contributed by atoms with Gasteiger partial charge in [-0.2, -0.15) is 0 Å². The lowest BCUT2D eigenvalue weighted by Crippen LogP contribution is -2.32. The van der Waals surface area contributed by atoms with Crippen LogP contribution in [0.5, 0.6) is 0 Å². The van der Waals surface area contributed by atoms with Gasteiger partial charge in [0.1, 0.15) is 0 Å². The smallest absolute Gasteiger partial charge is 0.325 e. The maximum Gasteiger partial charge on any atom is 0.325 e. The highest BCUT2D eigenvalue weighted by Gasteiger charge is 2.14. The van der Waals surface area contributed by atoms with Gasteiger partial charge in [-0.15, -0.1) is 11.5 Å². The van der Waals surface area contributed by atoms with Crippen molar-refractivity contribution >= 4 is 5.97 Å². The molecule has 0 aromatic carbocycles. The minimum atomic E-state index is -0.128. The summed E-state index contributed by atoms with van der Waals surface area (Å²) in [5.74, 6) is 7.53. The lowest BCUT2D eigenvalue weighted by molar-refractivity contribution is -0.194. The second-order valence-electron chi connectivity index (χ2n) is 4.11. The molecule has 1 aliphatic heterocycles. The lowest BCUT2D eigenvalue weighted by atomic mass is 10.2. The van der Waals surface area contributed by atoms with E-state index in [4.69, 9.17) is 11.3 Å². The molecule has 0 bridgehead atoms. The van der Waals surface area contributed by atoms with Gasteiger partial charge < -0.3 is 4.84 Å². The van der Waals surface area contributed by atoms with Crippen LogP contribution in [0.2, 0.25) is 0 Å². The van der Waals surface area contributed by atoms with Crippen LogP contribution in [0, 0.1) is 24.2 Å². The molecule has 0 saturated carbocycles. The van der Waals surface area contributed by atoms with Crippen molar-refractivity contribution in [1.29, 1.82) is 0 Å². The Balaban J connectivity index is 2.03. The topological polar surface area (TPSA) is 29.5 Å². The lowest BCUT2D eigenvalue weighted by Gasteiger charge is -2.24. The fraction of sp³-hybridized carbons (Fsp3) is 0.643. The van der Waals surface area contributed by atoms with Gasteiger partial charge in [-0.05, 0) is 37.5 Å². The monoisotopic (exact) mass is 233 g/mol. The van der Waals surface area contributed by atoms with Gasteiger partial charge in [-0.25, -0.2) is 0 Å². The molecule has 1 rings (SSSR count). The van der Waals surface area contributed by atoms with Crippen LogP contribution in [0.4, 0.5) is 0 Å². The first-order valence-corrected chi connectivity index (χ1v) is 6.22. The van der Waals surface area contributed by atoms with Crippen LogP contribution in [-0.4, -0.2) is 24.1 Å². The first-order chi connectivity index (χ1) is 8.33. The molecule has 1 heterocycles. The molecule has 3 heteroatoms. The van der Waals surface area contributed by atoms with Gasteiger partial charge >= 0.3 is 5.97 Å². The van der Waals surface area contributed by atoms with Crippen LogP contribution in [0.15, 0.2) is 0 Å². The third-order valence-electron chi connectivity index (χ3n) is 2.64.